The van der Waals surface area contributed by atoms with Gasteiger partial charge in [0.05, 0.1) is 11.9 Å². The molecule has 1 aromatic carbocycles. The number of carbonyl (C=O) groups is 1. The maximum Gasteiger partial charge on any atom is 0.221 e. The zero-order valence-electron chi connectivity index (χ0n) is 11.8. The Labute approximate surface area is 122 Å². The lowest BCUT2D eigenvalue weighted by atomic mass is 10.2. The Morgan fingerprint density at radius 1 is 1.24 bits per heavy atom. The maximum absolute atomic E-state index is 11.2. The summed E-state index contributed by atoms with van der Waals surface area (Å²) < 4.78 is 5.78. The van der Waals surface area contributed by atoms with Gasteiger partial charge in [0.1, 0.15) is 11.5 Å². The Morgan fingerprint density at radius 3 is 2.76 bits per heavy atom. The number of amides is 1. The van der Waals surface area contributed by atoms with E-state index < -0.39 is 0 Å². The van der Waals surface area contributed by atoms with E-state index in [4.69, 9.17) is 4.74 Å². The van der Waals surface area contributed by atoms with Crippen LogP contribution < -0.4 is 10.1 Å². The molecule has 3 rings (SSSR count). The lowest BCUT2D eigenvalue weighted by Gasteiger charge is -2.06. The first-order valence-electron chi connectivity index (χ1n) is 6.61. The Morgan fingerprint density at radius 2 is 2.05 bits per heavy atom. The van der Waals surface area contributed by atoms with Gasteiger partial charge in [-0.2, -0.15) is 0 Å². The normalized spacial score (nSPS) is 10.6. The summed E-state index contributed by atoms with van der Waals surface area (Å²) in [6, 6.07) is 9.44. The second kappa shape index (κ2) is 5.28. The van der Waals surface area contributed by atoms with Crippen LogP contribution in [0.2, 0.25) is 0 Å². The molecule has 0 spiro atoms. The Hall–Kier alpha value is -2.82. The van der Waals surface area contributed by atoms with E-state index in [2.05, 4.69) is 15.3 Å². The summed E-state index contributed by atoms with van der Waals surface area (Å²) in [5, 5.41) is 3.69. The first kappa shape index (κ1) is 13.2. The molecule has 0 aliphatic rings. The number of nitrogens with one attached hydrogen (secondary N) is 2. The molecule has 0 radical (unpaired) electrons. The summed E-state index contributed by atoms with van der Waals surface area (Å²) in [5.41, 5.74) is 2.62. The Bertz CT molecular complexity index is 791. The van der Waals surface area contributed by atoms with Crippen molar-refractivity contribution in [3.8, 4) is 11.5 Å². The smallest absolute Gasteiger partial charge is 0.221 e. The predicted molar refractivity (Wildman–Crippen MR) is 81.7 cm³/mol. The standard InChI is InChI=1S/C16H15N3O2/c1-10-3-4-13(8-17-10)21-12-5-6-15-14(7-12)16(9-18-15)19-11(2)20/h3-9,18H,1-2H3,(H,19,20). The lowest BCUT2D eigenvalue weighted by Crippen LogP contribution is -2.04. The molecule has 0 fully saturated rings. The number of aromatic nitrogens is 2. The molecule has 0 saturated heterocycles. The van der Waals surface area contributed by atoms with Crippen molar-refractivity contribution >= 4 is 22.5 Å². The summed E-state index contributed by atoms with van der Waals surface area (Å²) in [7, 11) is 0. The van der Waals surface area contributed by atoms with E-state index >= 15 is 0 Å². The number of benzene rings is 1. The molecule has 3 aromatic rings. The van der Waals surface area contributed by atoms with E-state index in [1.54, 1.807) is 12.4 Å². The van der Waals surface area contributed by atoms with E-state index in [1.807, 2.05) is 37.3 Å². The van der Waals surface area contributed by atoms with E-state index in [9.17, 15) is 4.79 Å². The highest BCUT2D eigenvalue weighted by Crippen LogP contribution is 2.29. The molecule has 0 bridgehead atoms. The summed E-state index contributed by atoms with van der Waals surface area (Å²) in [4.78, 5) is 18.5. The monoisotopic (exact) mass is 281 g/mol. The van der Waals surface area contributed by atoms with Crippen molar-refractivity contribution in [1.29, 1.82) is 0 Å². The van der Waals surface area contributed by atoms with Crippen molar-refractivity contribution in [2.45, 2.75) is 13.8 Å². The Balaban J connectivity index is 1.92. The number of fused-ring (bicyclic) bond motifs is 1. The highest BCUT2D eigenvalue weighted by atomic mass is 16.5. The van der Waals surface area contributed by atoms with Crippen molar-refractivity contribution in [3.63, 3.8) is 0 Å². The van der Waals surface area contributed by atoms with Crippen LogP contribution in [-0.4, -0.2) is 15.9 Å². The fourth-order valence-electron chi connectivity index (χ4n) is 2.11. The van der Waals surface area contributed by atoms with Crippen LogP contribution in [0.15, 0.2) is 42.7 Å². The number of aryl methyl sites for hydroxylation is 1. The third kappa shape index (κ3) is 2.86. The zero-order valence-corrected chi connectivity index (χ0v) is 11.8. The summed E-state index contributed by atoms with van der Waals surface area (Å²) in [6.07, 6.45) is 3.45. The first-order chi connectivity index (χ1) is 10.1. The van der Waals surface area contributed by atoms with Gasteiger partial charge in [0, 0.05) is 29.7 Å². The topological polar surface area (TPSA) is 67.0 Å². The van der Waals surface area contributed by atoms with Gasteiger partial charge in [-0.05, 0) is 37.3 Å². The number of carbonyl (C=O) groups excluding carboxylic acids is 1. The SMILES string of the molecule is CC(=O)Nc1c[nH]c2ccc(Oc3ccc(C)nc3)cc12. The third-order valence-corrected chi connectivity index (χ3v) is 3.08. The van der Waals surface area contributed by atoms with E-state index in [0.717, 1.165) is 22.3 Å². The van der Waals surface area contributed by atoms with Gasteiger partial charge in [0.25, 0.3) is 0 Å². The number of hydrogen-bond donors (Lipinski definition) is 2. The van der Waals surface area contributed by atoms with Crippen LogP contribution in [0.5, 0.6) is 11.5 Å². The fraction of sp³-hybridized carbons (Fsp3) is 0.125. The highest BCUT2D eigenvalue weighted by Gasteiger charge is 2.07. The second-order valence-corrected chi connectivity index (χ2v) is 4.83. The molecule has 1 amide bonds. The molecule has 21 heavy (non-hydrogen) atoms. The molecule has 5 heteroatoms. The van der Waals surface area contributed by atoms with Crippen LogP contribution in [0.1, 0.15) is 12.6 Å². The number of hydrogen-bond acceptors (Lipinski definition) is 3. The number of anilines is 1. The van der Waals surface area contributed by atoms with Crippen LogP contribution in [0.4, 0.5) is 5.69 Å². The van der Waals surface area contributed by atoms with Gasteiger partial charge in [-0.25, -0.2) is 0 Å². The third-order valence-electron chi connectivity index (χ3n) is 3.08. The number of H-pyrrole nitrogens is 1. The van der Waals surface area contributed by atoms with Gasteiger partial charge in [-0.15, -0.1) is 0 Å². The second-order valence-electron chi connectivity index (χ2n) is 4.83. The predicted octanol–water partition coefficient (Wildman–Crippen LogP) is 3.62. The summed E-state index contributed by atoms with van der Waals surface area (Å²) in [6.45, 7) is 3.41. The quantitative estimate of drug-likeness (QED) is 0.770. The molecule has 0 aliphatic carbocycles. The number of aromatic amines is 1. The molecule has 0 saturated carbocycles. The largest absolute Gasteiger partial charge is 0.456 e. The summed E-state index contributed by atoms with van der Waals surface area (Å²) >= 11 is 0. The zero-order chi connectivity index (χ0) is 14.8. The highest BCUT2D eigenvalue weighted by molar-refractivity contribution is 6.01. The molecule has 0 unspecified atom stereocenters. The molecule has 2 N–H and O–H groups in total. The van der Waals surface area contributed by atoms with Crippen LogP contribution in [-0.2, 0) is 4.79 Å². The number of pyridine rings is 1. The number of rotatable bonds is 3. The Kier molecular flexibility index (Phi) is 3.31. The molecule has 5 nitrogen and oxygen atoms in total. The molecule has 0 aliphatic heterocycles. The fourth-order valence-corrected chi connectivity index (χ4v) is 2.11. The lowest BCUT2D eigenvalue weighted by molar-refractivity contribution is -0.114. The van der Waals surface area contributed by atoms with Gasteiger partial charge in [-0.3, -0.25) is 9.78 Å². The minimum Gasteiger partial charge on any atom is -0.456 e. The van der Waals surface area contributed by atoms with Gasteiger partial charge >= 0.3 is 0 Å². The molecular weight excluding hydrogens is 266 g/mol. The van der Waals surface area contributed by atoms with Gasteiger partial charge < -0.3 is 15.0 Å². The average Bonchev–Trinajstić information content (AvgIpc) is 2.83. The van der Waals surface area contributed by atoms with Crippen molar-refractivity contribution in [2.24, 2.45) is 0 Å². The molecule has 0 atom stereocenters. The van der Waals surface area contributed by atoms with Crippen molar-refractivity contribution in [3.05, 3.63) is 48.4 Å². The minimum atomic E-state index is -0.107. The van der Waals surface area contributed by atoms with Gasteiger partial charge in [-0.1, -0.05) is 0 Å². The summed E-state index contributed by atoms with van der Waals surface area (Å²) in [5.74, 6) is 1.26. The van der Waals surface area contributed by atoms with Crippen LogP contribution in [0.3, 0.4) is 0 Å². The average molecular weight is 281 g/mol. The molecule has 2 heterocycles. The van der Waals surface area contributed by atoms with E-state index in [0.29, 0.717) is 11.5 Å². The molecular formula is C16H15N3O2. The van der Waals surface area contributed by atoms with Crippen LogP contribution in [0.25, 0.3) is 10.9 Å². The van der Waals surface area contributed by atoms with E-state index in [1.165, 1.54) is 6.92 Å². The van der Waals surface area contributed by atoms with Gasteiger partial charge in [0.15, 0.2) is 0 Å². The minimum absolute atomic E-state index is 0.107. The number of ether oxygens (including phenoxy) is 1. The van der Waals surface area contributed by atoms with E-state index in [-0.39, 0.29) is 5.91 Å². The molecule has 106 valence electrons. The van der Waals surface area contributed by atoms with Crippen LogP contribution >= 0.6 is 0 Å². The van der Waals surface area contributed by atoms with Crippen molar-refractivity contribution in [2.75, 3.05) is 5.32 Å². The van der Waals surface area contributed by atoms with Crippen LogP contribution in [0, 0.1) is 6.92 Å². The first-order valence-corrected chi connectivity index (χ1v) is 6.61. The van der Waals surface area contributed by atoms with Gasteiger partial charge in [0.2, 0.25) is 5.91 Å². The number of nitrogens with zero attached hydrogens (tertiary/aromatic N) is 1. The van der Waals surface area contributed by atoms with Crippen molar-refractivity contribution in [1.82, 2.24) is 9.97 Å². The maximum atomic E-state index is 11.2. The molecule has 2 aromatic heterocycles. The van der Waals surface area contributed by atoms with Crippen molar-refractivity contribution < 1.29 is 9.53 Å².